The van der Waals surface area contributed by atoms with Crippen molar-refractivity contribution in [2.45, 2.75) is 26.3 Å². The maximum absolute atomic E-state index is 13.6. The topological polar surface area (TPSA) is 35.2 Å². The van der Waals surface area contributed by atoms with Crippen LogP contribution < -0.4 is 10.5 Å². The molecule has 0 spiro atoms. The molecule has 0 aliphatic carbocycles. The fourth-order valence-electron chi connectivity index (χ4n) is 1.83. The summed E-state index contributed by atoms with van der Waals surface area (Å²) < 4.78 is 19.1. The Balaban J connectivity index is 2.17. The lowest BCUT2D eigenvalue weighted by atomic mass is 10.1. The molecule has 2 aromatic rings. The second-order valence-electron chi connectivity index (χ2n) is 4.62. The number of hydrogen-bond donors (Lipinski definition) is 1. The third-order valence-corrected chi connectivity index (χ3v) is 3.06. The minimum Gasteiger partial charge on any atom is -0.454 e. The number of ether oxygens (including phenoxy) is 1. The van der Waals surface area contributed by atoms with E-state index in [1.807, 2.05) is 38.1 Å². The molecule has 0 heterocycles. The first-order chi connectivity index (χ1) is 9.10. The van der Waals surface area contributed by atoms with E-state index in [4.69, 9.17) is 10.5 Å². The molecular formula is C16H18FNO. The SMILES string of the molecule is CC[C@@H](N)c1ccc(Oc2cc(C)ccc2F)cc1. The summed E-state index contributed by atoms with van der Waals surface area (Å²) in [6, 6.07) is 12.3. The van der Waals surface area contributed by atoms with Crippen LogP contribution in [-0.2, 0) is 0 Å². The Morgan fingerprint density at radius 2 is 1.84 bits per heavy atom. The van der Waals surface area contributed by atoms with Gasteiger partial charge in [-0.1, -0.05) is 25.1 Å². The number of rotatable bonds is 4. The van der Waals surface area contributed by atoms with Gasteiger partial charge in [-0.05, 0) is 48.7 Å². The summed E-state index contributed by atoms with van der Waals surface area (Å²) in [7, 11) is 0. The van der Waals surface area contributed by atoms with Gasteiger partial charge in [-0.25, -0.2) is 4.39 Å². The first-order valence-corrected chi connectivity index (χ1v) is 6.39. The average molecular weight is 259 g/mol. The second kappa shape index (κ2) is 5.85. The molecule has 19 heavy (non-hydrogen) atoms. The molecule has 0 saturated heterocycles. The molecule has 0 fully saturated rings. The van der Waals surface area contributed by atoms with Gasteiger partial charge in [0, 0.05) is 6.04 Å². The maximum atomic E-state index is 13.6. The van der Waals surface area contributed by atoms with E-state index in [2.05, 4.69) is 0 Å². The van der Waals surface area contributed by atoms with Gasteiger partial charge in [-0.15, -0.1) is 0 Å². The Bertz CT molecular complexity index is 551. The lowest BCUT2D eigenvalue weighted by Crippen LogP contribution is -2.08. The number of aryl methyl sites for hydroxylation is 1. The molecule has 0 unspecified atom stereocenters. The highest BCUT2D eigenvalue weighted by Gasteiger charge is 2.06. The molecule has 1 atom stereocenters. The van der Waals surface area contributed by atoms with Crippen LogP contribution in [-0.4, -0.2) is 0 Å². The van der Waals surface area contributed by atoms with Crippen molar-refractivity contribution in [2.24, 2.45) is 5.73 Å². The smallest absolute Gasteiger partial charge is 0.165 e. The molecule has 0 radical (unpaired) electrons. The van der Waals surface area contributed by atoms with Crippen LogP contribution >= 0.6 is 0 Å². The summed E-state index contributed by atoms with van der Waals surface area (Å²) in [5.74, 6) is 0.490. The molecule has 2 aromatic carbocycles. The third kappa shape index (κ3) is 3.32. The van der Waals surface area contributed by atoms with E-state index in [1.54, 1.807) is 12.1 Å². The van der Waals surface area contributed by atoms with Gasteiger partial charge in [0.15, 0.2) is 11.6 Å². The number of benzene rings is 2. The third-order valence-electron chi connectivity index (χ3n) is 3.06. The molecule has 0 saturated carbocycles. The minimum atomic E-state index is -0.361. The molecule has 0 aliphatic rings. The standard InChI is InChI=1S/C16H18FNO/c1-3-15(18)12-5-7-13(8-6-12)19-16-10-11(2)4-9-14(16)17/h4-10,15H,3,18H2,1-2H3/t15-/m1/s1. The zero-order valence-electron chi connectivity index (χ0n) is 11.2. The molecule has 100 valence electrons. The Labute approximate surface area is 113 Å². The lowest BCUT2D eigenvalue weighted by Gasteiger charge is -2.11. The van der Waals surface area contributed by atoms with Crippen LogP contribution in [0.2, 0.25) is 0 Å². The number of hydrogen-bond acceptors (Lipinski definition) is 2. The van der Waals surface area contributed by atoms with E-state index in [1.165, 1.54) is 6.07 Å². The molecule has 2 N–H and O–H groups in total. The van der Waals surface area contributed by atoms with Crippen molar-refractivity contribution < 1.29 is 9.13 Å². The fraction of sp³-hybridized carbons (Fsp3) is 0.250. The van der Waals surface area contributed by atoms with E-state index in [0.717, 1.165) is 17.5 Å². The van der Waals surface area contributed by atoms with Crippen molar-refractivity contribution in [3.63, 3.8) is 0 Å². The average Bonchev–Trinajstić information content (AvgIpc) is 2.43. The largest absolute Gasteiger partial charge is 0.454 e. The maximum Gasteiger partial charge on any atom is 0.165 e. The van der Waals surface area contributed by atoms with Crippen LogP contribution in [0.5, 0.6) is 11.5 Å². The van der Waals surface area contributed by atoms with Crippen LogP contribution in [0.3, 0.4) is 0 Å². The van der Waals surface area contributed by atoms with Crippen LogP contribution in [0.1, 0.15) is 30.5 Å². The lowest BCUT2D eigenvalue weighted by molar-refractivity contribution is 0.441. The predicted octanol–water partition coefficient (Wildman–Crippen LogP) is 4.34. The van der Waals surface area contributed by atoms with Crippen LogP contribution in [0, 0.1) is 12.7 Å². The monoisotopic (exact) mass is 259 g/mol. The molecule has 0 aromatic heterocycles. The summed E-state index contributed by atoms with van der Waals surface area (Å²) in [5.41, 5.74) is 7.95. The van der Waals surface area contributed by atoms with E-state index >= 15 is 0 Å². The van der Waals surface area contributed by atoms with Gasteiger partial charge in [0.1, 0.15) is 5.75 Å². The Morgan fingerprint density at radius 3 is 2.47 bits per heavy atom. The van der Waals surface area contributed by atoms with E-state index in [0.29, 0.717) is 5.75 Å². The van der Waals surface area contributed by atoms with Crippen molar-refractivity contribution >= 4 is 0 Å². The minimum absolute atomic E-state index is 0.0322. The first kappa shape index (κ1) is 13.6. The van der Waals surface area contributed by atoms with E-state index in [-0.39, 0.29) is 17.6 Å². The summed E-state index contributed by atoms with van der Waals surface area (Å²) in [5, 5.41) is 0. The molecule has 2 rings (SSSR count). The fourth-order valence-corrected chi connectivity index (χ4v) is 1.83. The summed E-state index contributed by atoms with van der Waals surface area (Å²) in [6.45, 7) is 3.94. The van der Waals surface area contributed by atoms with Crippen molar-refractivity contribution in [3.8, 4) is 11.5 Å². The van der Waals surface area contributed by atoms with Gasteiger partial charge in [0.05, 0.1) is 0 Å². The van der Waals surface area contributed by atoms with E-state index < -0.39 is 0 Å². The van der Waals surface area contributed by atoms with E-state index in [9.17, 15) is 4.39 Å². The molecule has 3 heteroatoms. The first-order valence-electron chi connectivity index (χ1n) is 6.39. The van der Waals surface area contributed by atoms with Crippen LogP contribution in [0.4, 0.5) is 4.39 Å². The van der Waals surface area contributed by atoms with Gasteiger partial charge < -0.3 is 10.5 Å². The zero-order valence-corrected chi connectivity index (χ0v) is 11.2. The second-order valence-corrected chi connectivity index (χ2v) is 4.62. The van der Waals surface area contributed by atoms with Gasteiger partial charge in [-0.3, -0.25) is 0 Å². The van der Waals surface area contributed by atoms with Crippen molar-refractivity contribution in [2.75, 3.05) is 0 Å². The molecule has 2 nitrogen and oxygen atoms in total. The van der Waals surface area contributed by atoms with Crippen LogP contribution in [0.15, 0.2) is 42.5 Å². The molecule has 0 bridgehead atoms. The predicted molar refractivity (Wildman–Crippen MR) is 74.9 cm³/mol. The summed E-state index contributed by atoms with van der Waals surface area (Å²) >= 11 is 0. The Morgan fingerprint density at radius 1 is 1.16 bits per heavy atom. The van der Waals surface area contributed by atoms with Crippen molar-refractivity contribution in [3.05, 3.63) is 59.4 Å². The van der Waals surface area contributed by atoms with Gasteiger partial charge in [-0.2, -0.15) is 0 Å². The summed E-state index contributed by atoms with van der Waals surface area (Å²) in [4.78, 5) is 0. The zero-order chi connectivity index (χ0) is 13.8. The molecule has 0 amide bonds. The van der Waals surface area contributed by atoms with Gasteiger partial charge in [0.2, 0.25) is 0 Å². The Hall–Kier alpha value is -1.87. The quantitative estimate of drug-likeness (QED) is 0.886. The van der Waals surface area contributed by atoms with Crippen molar-refractivity contribution in [1.29, 1.82) is 0 Å². The summed E-state index contributed by atoms with van der Waals surface area (Å²) in [6.07, 6.45) is 0.882. The van der Waals surface area contributed by atoms with Gasteiger partial charge in [0.25, 0.3) is 0 Å². The number of nitrogens with two attached hydrogens (primary N) is 1. The molecular weight excluding hydrogens is 241 g/mol. The van der Waals surface area contributed by atoms with Gasteiger partial charge >= 0.3 is 0 Å². The highest BCUT2D eigenvalue weighted by Crippen LogP contribution is 2.26. The number of halogens is 1. The highest BCUT2D eigenvalue weighted by molar-refractivity contribution is 5.36. The normalized spacial score (nSPS) is 12.2. The Kier molecular flexibility index (Phi) is 4.17. The highest BCUT2D eigenvalue weighted by atomic mass is 19.1. The molecule has 0 aliphatic heterocycles. The van der Waals surface area contributed by atoms with Crippen LogP contribution in [0.25, 0.3) is 0 Å². The van der Waals surface area contributed by atoms with Crippen molar-refractivity contribution in [1.82, 2.24) is 0 Å².